The van der Waals surface area contributed by atoms with Gasteiger partial charge in [0.2, 0.25) is 0 Å². The van der Waals surface area contributed by atoms with Crippen molar-refractivity contribution in [1.82, 2.24) is 19.8 Å². The number of rotatable bonds is 2. The van der Waals surface area contributed by atoms with Crippen LogP contribution < -0.4 is 0 Å². The Morgan fingerprint density at radius 2 is 2.00 bits per heavy atom. The second kappa shape index (κ2) is 6.92. The molecule has 2 aromatic heterocycles. The number of amides is 1. The first kappa shape index (κ1) is 17.7. The molecule has 2 aliphatic heterocycles. The number of carbonyl (C=O) groups excluding carboxylic acids is 1. The molecule has 2 saturated heterocycles. The second-order valence-corrected chi connectivity index (χ2v) is 8.42. The number of likely N-dealkylation sites (tertiary alicyclic amines) is 1. The van der Waals surface area contributed by atoms with Crippen molar-refractivity contribution in [2.45, 2.75) is 19.1 Å². The van der Waals surface area contributed by atoms with Crippen molar-refractivity contribution < 1.29 is 9.53 Å². The quantitative estimate of drug-likeness (QED) is 0.669. The molecular formula is C21H22N4O2S. The van der Waals surface area contributed by atoms with Gasteiger partial charge in [-0.15, -0.1) is 11.3 Å². The topological polar surface area (TPSA) is 58.6 Å². The molecule has 0 bridgehead atoms. The van der Waals surface area contributed by atoms with Crippen molar-refractivity contribution in [2.24, 2.45) is 0 Å². The summed E-state index contributed by atoms with van der Waals surface area (Å²) in [6.07, 6.45) is 0.123. The molecule has 3 aromatic rings. The van der Waals surface area contributed by atoms with E-state index in [4.69, 9.17) is 4.74 Å². The Labute approximate surface area is 167 Å². The van der Waals surface area contributed by atoms with Gasteiger partial charge in [0, 0.05) is 30.8 Å². The third-order valence-electron chi connectivity index (χ3n) is 5.69. The largest absolute Gasteiger partial charge is 0.373 e. The highest BCUT2D eigenvalue weighted by Gasteiger charge is 2.40. The standard InChI is InChI=1S/C21H22N4O2S/c1-13-22-16-7-10-28-20(16)19(23-13)14-3-5-15(6-4-14)21(26)25-11-17-18(12-25)27-9-8-24(17)2/h3-7,10,17-18H,8-9,11-12H2,1-2H3/t17-,18-/m0/s1. The summed E-state index contributed by atoms with van der Waals surface area (Å²) in [5, 5.41) is 2.03. The first-order valence-corrected chi connectivity index (χ1v) is 10.4. The van der Waals surface area contributed by atoms with E-state index >= 15 is 0 Å². The molecule has 0 spiro atoms. The SMILES string of the molecule is Cc1nc(-c2ccc(C(=O)N3C[C@@H]4OCCN(C)[C@H]4C3)cc2)c2sccc2n1. The summed E-state index contributed by atoms with van der Waals surface area (Å²) in [5.41, 5.74) is 3.61. The number of morpholine rings is 1. The minimum absolute atomic E-state index is 0.0677. The van der Waals surface area contributed by atoms with Crippen LogP contribution in [0.25, 0.3) is 21.5 Å². The van der Waals surface area contributed by atoms with E-state index in [0.717, 1.165) is 47.0 Å². The molecule has 1 amide bonds. The zero-order valence-electron chi connectivity index (χ0n) is 16.0. The Hall–Kier alpha value is -2.35. The van der Waals surface area contributed by atoms with Crippen molar-refractivity contribution >= 4 is 27.5 Å². The van der Waals surface area contributed by atoms with Gasteiger partial charge in [-0.2, -0.15) is 0 Å². The van der Waals surface area contributed by atoms with Crippen molar-refractivity contribution in [1.29, 1.82) is 0 Å². The Morgan fingerprint density at radius 1 is 1.18 bits per heavy atom. The third kappa shape index (κ3) is 2.99. The monoisotopic (exact) mass is 394 g/mol. The van der Waals surface area contributed by atoms with Crippen LogP contribution in [-0.2, 0) is 4.74 Å². The summed E-state index contributed by atoms with van der Waals surface area (Å²) in [6, 6.07) is 10.1. The van der Waals surface area contributed by atoms with Gasteiger partial charge in [-0.3, -0.25) is 9.69 Å². The number of carbonyl (C=O) groups is 1. The molecule has 2 aliphatic rings. The van der Waals surface area contributed by atoms with Crippen LogP contribution in [0.4, 0.5) is 0 Å². The van der Waals surface area contributed by atoms with Crippen LogP contribution >= 0.6 is 11.3 Å². The second-order valence-electron chi connectivity index (χ2n) is 7.50. The highest BCUT2D eigenvalue weighted by molar-refractivity contribution is 7.17. The van der Waals surface area contributed by atoms with Gasteiger partial charge in [-0.1, -0.05) is 12.1 Å². The first-order chi connectivity index (χ1) is 13.6. The zero-order chi connectivity index (χ0) is 19.3. The molecule has 0 unspecified atom stereocenters. The van der Waals surface area contributed by atoms with Crippen molar-refractivity contribution in [3.05, 3.63) is 47.1 Å². The fourth-order valence-electron chi connectivity index (χ4n) is 4.15. The maximum absolute atomic E-state index is 13.0. The van der Waals surface area contributed by atoms with Crippen LogP contribution in [-0.4, -0.2) is 71.1 Å². The normalized spacial score (nSPS) is 22.6. The molecule has 2 atom stereocenters. The zero-order valence-corrected chi connectivity index (χ0v) is 16.8. The van der Waals surface area contributed by atoms with E-state index < -0.39 is 0 Å². The van der Waals surface area contributed by atoms with Crippen LogP contribution in [0.3, 0.4) is 0 Å². The molecule has 0 saturated carbocycles. The fraction of sp³-hybridized carbons (Fsp3) is 0.381. The summed E-state index contributed by atoms with van der Waals surface area (Å²) in [7, 11) is 2.11. The summed E-state index contributed by atoms with van der Waals surface area (Å²) in [6.45, 7) is 4.96. The van der Waals surface area contributed by atoms with Gasteiger partial charge in [-0.05, 0) is 37.6 Å². The molecule has 0 radical (unpaired) electrons. The molecular weight excluding hydrogens is 372 g/mol. The smallest absolute Gasteiger partial charge is 0.253 e. The number of nitrogens with zero attached hydrogens (tertiary/aromatic N) is 4. The van der Waals surface area contributed by atoms with E-state index in [2.05, 4.69) is 21.9 Å². The van der Waals surface area contributed by atoms with Crippen LogP contribution in [0, 0.1) is 6.92 Å². The average Bonchev–Trinajstić information content (AvgIpc) is 3.34. The van der Waals surface area contributed by atoms with Crippen LogP contribution in [0.2, 0.25) is 0 Å². The number of aryl methyl sites for hydroxylation is 1. The third-order valence-corrected chi connectivity index (χ3v) is 6.60. The number of fused-ring (bicyclic) bond motifs is 2. The maximum Gasteiger partial charge on any atom is 0.253 e. The molecule has 0 N–H and O–H groups in total. The fourth-order valence-corrected chi connectivity index (χ4v) is 4.99. The molecule has 0 aliphatic carbocycles. The average molecular weight is 395 g/mol. The molecule has 2 fully saturated rings. The van der Waals surface area contributed by atoms with Crippen molar-refractivity contribution in [2.75, 3.05) is 33.3 Å². The number of aromatic nitrogens is 2. The van der Waals surface area contributed by atoms with Crippen LogP contribution in [0.1, 0.15) is 16.2 Å². The van der Waals surface area contributed by atoms with Gasteiger partial charge in [0.1, 0.15) is 5.82 Å². The molecule has 144 valence electrons. The number of benzene rings is 1. The molecule has 1 aromatic carbocycles. The predicted octanol–water partition coefficient (Wildman–Crippen LogP) is 2.82. The van der Waals surface area contributed by atoms with Gasteiger partial charge in [0.15, 0.2) is 0 Å². The lowest BCUT2D eigenvalue weighted by atomic mass is 10.1. The maximum atomic E-state index is 13.0. The lowest BCUT2D eigenvalue weighted by molar-refractivity contribution is -0.0368. The predicted molar refractivity (Wildman–Crippen MR) is 110 cm³/mol. The van der Waals surface area contributed by atoms with Gasteiger partial charge >= 0.3 is 0 Å². The van der Waals surface area contributed by atoms with Crippen LogP contribution in [0.5, 0.6) is 0 Å². The van der Waals surface area contributed by atoms with Gasteiger partial charge < -0.3 is 9.64 Å². The number of thiophene rings is 1. The lowest BCUT2D eigenvalue weighted by Gasteiger charge is -2.33. The van der Waals surface area contributed by atoms with E-state index in [1.807, 2.05) is 47.5 Å². The highest BCUT2D eigenvalue weighted by atomic mass is 32.1. The summed E-state index contributed by atoms with van der Waals surface area (Å²) in [4.78, 5) is 26.3. The number of hydrogen-bond donors (Lipinski definition) is 0. The van der Waals surface area contributed by atoms with E-state index in [-0.39, 0.29) is 12.0 Å². The Kier molecular flexibility index (Phi) is 4.38. The van der Waals surface area contributed by atoms with Crippen LogP contribution in [0.15, 0.2) is 35.7 Å². The minimum Gasteiger partial charge on any atom is -0.373 e. The molecule has 7 heteroatoms. The summed E-state index contributed by atoms with van der Waals surface area (Å²) >= 11 is 1.64. The van der Waals surface area contributed by atoms with Gasteiger partial charge in [0.25, 0.3) is 5.91 Å². The van der Waals surface area contributed by atoms with Crippen molar-refractivity contribution in [3.8, 4) is 11.3 Å². The summed E-state index contributed by atoms with van der Waals surface area (Å²) < 4.78 is 6.94. The van der Waals surface area contributed by atoms with E-state index in [9.17, 15) is 4.79 Å². The molecule has 4 heterocycles. The van der Waals surface area contributed by atoms with E-state index in [0.29, 0.717) is 18.2 Å². The van der Waals surface area contributed by atoms with Gasteiger partial charge in [-0.25, -0.2) is 9.97 Å². The highest BCUT2D eigenvalue weighted by Crippen LogP contribution is 2.30. The Bertz CT molecular complexity index is 1030. The van der Waals surface area contributed by atoms with E-state index in [1.165, 1.54) is 0 Å². The number of likely N-dealkylation sites (N-methyl/N-ethyl adjacent to an activating group) is 1. The van der Waals surface area contributed by atoms with E-state index in [1.54, 1.807) is 11.3 Å². The Balaban J connectivity index is 1.39. The molecule has 6 nitrogen and oxygen atoms in total. The van der Waals surface area contributed by atoms with Gasteiger partial charge in [0.05, 0.1) is 34.7 Å². The number of ether oxygens (including phenoxy) is 1. The molecule has 5 rings (SSSR count). The first-order valence-electron chi connectivity index (χ1n) is 9.53. The van der Waals surface area contributed by atoms with Crippen molar-refractivity contribution in [3.63, 3.8) is 0 Å². The molecule has 28 heavy (non-hydrogen) atoms. The minimum atomic E-state index is 0.0677. The Morgan fingerprint density at radius 3 is 2.79 bits per heavy atom. The number of hydrogen-bond acceptors (Lipinski definition) is 6. The summed E-state index contributed by atoms with van der Waals surface area (Å²) in [5.74, 6) is 0.822. The lowest BCUT2D eigenvalue weighted by Crippen LogP contribution is -2.48.